The van der Waals surface area contributed by atoms with Gasteiger partial charge >= 0.3 is 0 Å². The van der Waals surface area contributed by atoms with Crippen LogP contribution in [0.15, 0.2) is 97.1 Å². The Hall–Kier alpha value is -4.91. The Kier molecular flexibility index (Phi) is 9.71. The van der Waals surface area contributed by atoms with E-state index in [4.69, 9.17) is 10.5 Å². The Balaban J connectivity index is 1.36. The molecule has 1 heterocycles. The summed E-state index contributed by atoms with van der Waals surface area (Å²) in [6.07, 6.45) is 4.98. The minimum atomic E-state index is -0.933. The van der Waals surface area contributed by atoms with E-state index >= 15 is 0 Å². The third-order valence-corrected chi connectivity index (χ3v) is 9.59. The van der Waals surface area contributed by atoms with Gasteiger partial charge in [-0.15, -0.1) is 0 Å². The molecule has 47 heavy (non-hydrogen) atoms. The molecule has 1 fully saturated rings. The van der Waals surface area contributed by atoms with Crippen molar-refractivity contribution in [3.05, 3.63) is 108 Å². The van der Waals surface area contributed by atoms with E-state index in [0.717, 1.165) is 70.5 Å². The fourth-order valence-corrected chi connectivity index (χ4v) is 6.84. The van der Waals surface area contributed by atoms with Crippen molar-refractivity contribution in [2.75, 3.05) is 12.0 Å². The molecule has 4 aromatic rings. The molecule has 3 N–H and O–H groups in total. The van der Waals surface area contributed by atoms with E-state index in [1.807, 2.05) is 84.9 Å². The van der Waals surface area contributed by atoms with Gasteiger partial charge in [-0.05, 0) is 70.8 Å². The molecule has 7 heteroatoms. The lowest BCUT2D eigenvalue weighted by molar-refractivity contribution is -0.136. The number of amides is 3. The van der Waals surface area contributed by atoms with Gasteiger partial charge in [0.2, 0.25) is 11.8 Å². The number of nitrogens with zero attached hydrogens (tertiary/aromatic N) is 1. The fraction of sp³-hybridized carbons (Fsp3) is 0.325. The quantitative estimate of drug-likeness (QED) is 0.160. The summed E-state index contributed by atoms with van der Waals surface area (Å²) in [6.45, 7) is 2.38. The van der Waals surface area contributed by atoms with Gasteiger partial charge in [0, 0.05) is 17.4 Å². The molecule has 4 aromatic carbocycles. The van der Waals surface area contributed by atoms with Gasteiger partial charge in [-0.3, -0.25) is 14.4 Å². The summed E-state index contributed by atoms with van der Waals surface area (Å²) in [7, 11) is 1.65. The number of nitrogens with two attached hydrogens (primary N) is 1. The fourth-order valence-electron chi connectivity index (χ4n) is 6.84. The highest BCUT2D eigenvalue weighted by Gasteiger charge is 2.40. The van der Waals surface area contributed by atoms with Gasteiger partial charge in [-0.1, -0.05) is 105 Å². The first kappa shape index (κ1) is 32.0. The molecule has 1 saturated carbocycles. The zero-order valence-corrected chi connectivity index (χ0v) is 27.2. The number of para-hydroxylation sites is 1. The van der Waals surface area contributed by atoms with Crippen LogP contribution >= 0.6 is 0 Å². The van der Waals surface area contributed by atoms with E-state index in [1.54, 1.807) is 12.0 Å². The molecular formula is C40H43N3O4. The van der Waals surface area contributed by atoms with E-state index in [2.05, 4.69) is 24.4 Å². The number of nitrogens with one attached hydrogen (secondary N) is 1. The van der Waals surface area contributed by atoms with Crippen LogP contribution in [-0.2, 0) is 20.9 Å². The second kappa shape index (κ2) is 14.2. The molecule has 0 saturated heterocycles. The first-order valence-electron chi connectivity index (χ1n) is 16.7. The van der Waals surface area contributed by atoms with E-state index in [0.29, 0.717) is 25.3 Å². The Morgan fingerprint density at radius 3 is 2.32 bits per heavy atom. The standard InChI is InChI=1S/C40H43N3O4/c1-3-4-12-34(38(41)44)35(24-26-17-18-26)39(45)42-37-33-15-6-5-13-31(33)32-14-7-8-16-36(32)43(40(37)46)25-27-10-9-11-29(23-27)28-19-21-30(47-2)22-20-28/h5-11,13-16,19-23,26,34-35,37H,3-4,12,17-18,24-25H2,1-2H3,(H2,41,44)(H,42,45)/t34-,35+,37?/m0/s1. The average Bonchev–Trinajstić information content (AvgIpc) is 3.94. The molecule has 0 spiro atoms. The van der Waals surface area contributed by atoms with Crippen LogP contribution in [0.25, 0.3) is 22.3 Å². The van der Waals surface area contributed by atoms with Gasteiger partial charge in [0.05, 0.1) is 19.3 Å². The lowest BCUT2D eigenvalue weighted by Crippen LogP contribution is -2.46. The molecule has 0 radical (unpaired) electrons. The average molecular weight is 630 g/mol. The minimum Gasteiger partial charge on any atom is -0.497 e. The summed E-state index contributed by atoms with van der Waals surface area (Å²) in [5.41, 5.74) is 12.3. The summed E-state index contributed by atoms with van der Waals surface area (Å²) < 4.78 is 5.33. The van der Waals surface area contributed by atoms with Crippen molar-refractivity contribution in [3.63, 3.8) is 0 Å². The highest BCUT2D eigenvalue weighted by Crippen LogP contribution is 2.42. The van der Waals surface area contributed by atoms with E-state index in [1.165, 1.54) is 0 Å². The summed E-state index contributed by atoms with van der Waals surface area (Å²) in [5, 5.41) is 3.16. The zero-order chi connectivity index (χ0) is 32.9. The molecule has 3 atom stereocenters. The van der Waals surface area contributed by atoms with Gasteiger partial charge in [-0.2, -0.15) is 0 Å². The number of benzene rings is 4. The molecule has 0 aromatic heterocycles. The number of unbranched alkanes of at least 4 members (excludes halogenated alkanes) is 1. The second-order valence-electron chi connectivity index (χ2n) is 12.8. The molecule has 1 aliphatic carbocycles. The normalized spacial score (nSPS) is 16.8. The summed E-state index contributed by atoms with van der Waals surface area (Å²) in [6, 6.07) is 30.8. The largest absolute Gasteiger partial charge is 0.497 e. The molecule has 2 aliphatic rings. The number of carbonyl (C=O) groups is 3. The number of primary amides is 1. The first-order valence-corrected chi connectivity index (χ1v) is 16.7. The van der Waals surface area contributed by atoms with Crippen molar-refractivity contribution >= 4 is 23.4 Å². The molecule has 1 unspecified atom stereocenters. The van der Waals surface area contributed by atoms with Gasteiger partial charge in [0.1, 0.15) is 11.8 Å². The zero-order valence-electron chi connectivity index (χ0n) is 27.2. The van der Waals surface area contributed by atoms with Gasteiger partial charge in [0.15, 0.2) is 0 Å². The molecule has 0 bridgehead atoms. The summed E-state index contributed by atoms with van der Waals surface area (Å²) in [5.74, 6) is -0.899. The van der Waals surface area contributed by atoms with E-state index in [-0.39, 0.29) is 11.8 Å². The van der Waals surface area contributed by atoms with Crippen molar-refractivity contribution < 1.29 is 19.1 Å². The monoisotopic (exact) mass is 629 g/mol. The van der Waals surface area contributed by atoms with Gasteiger partial charge < -0.3 is 20.7 Å². The summed E-state index contributed by atoms with van der Waals surface area (Å²) in [4.78, 5) is 43.5. The van der Waals surface area contributed by atoms with Gasteiger partial charge in [0.25, 0.3) is 5.91 Å². The predicted octanol–water partition coefficient (Wildman–Crippen LogP) is 7.44. The number of anilines is 1. The van der Waals surface area contributed by atoms with Crippen molar-refractivity contribution in [1.82, 2.24) is 5.32 Å². The third kappa shape index (κ3) is 7.09. The summed E-state index contributed by atoms with van der Waals surface area (Å²) >= 11 is 0. The van der Waals surface area contributed by atoms with E-state index < -0.39 is 23.8 Å². The van der Waals surface area contributed by atoms with Crippen LogP contribution in [0.2, 0.25) is 0 Å². The van der Waals surface area contributed by atoms with Crippen LogP contribution in [0.4, 0.5) is 5.69 Å². The van der Waals surface area contributed by atoms with Crippen LogP contribution in [0.1, 0.15) is 62.6 Å². The third-order valence-electron chi connectivity index (χ3n) is 9.59. The highest BCUT2D eigenvalue weighted by atomic mass is 16.5. The number of hydrogen-bond acceptors (Lipinski definition) is 4. The number of methoxy groups -OCH3 is 1. The van der Waals surface area contributed by atoms with Crippen LogP contribution in [0, 0.1) is 17.8 Å². The Morgan fingerprint density at radius 1 is 0.894 bits per heavy atom. The van der Waals surface area contributed by atoms with Crippen LogP contribution in [-0.4, -0.2) is 24.8 Å². The predicted molar refractivity (Wildman–Crippen MR) is 185 cm³/mol. The number of carbonyl (C=O) groups excluding carboxylic acids is 3. The van der Waals surface area contributed by atoms with Crippen molar-refractivity contribution in [2.24, 2.45) is 23.5 Å². The maximum absolute atomic E-state index is 14.8. The first-order chi connectivity index (χ1) is 22.9. The number of fused-ring (bicyclic) bond motifs is 3. The molecule has 3 amide bonds. The lowest BCUT2D eigenvalue weighted by atomic mass is 9.82. The maximum Gasteiger partial charge on any atom is 0.254 e. The maximum atomic E-state index is 14.8. The molecule has 1 aliphatic heterocycles. The van der Waals surface area contributed by atoms with Crippen LogP contribution < -0.4 is 20.7 Å². The topological polar surface area (TPSA) is 102 Å². The van der Waals surface area contributed by atoms with Crippen LogP contribution in [0.5, 0.6) is 5.75 Å². The smallest absolute Gasteiger partial charge is 0.254 e. The lowest BCUT2D eigenvalue weighted by Gasteiger charge is -2.29. The Bertz CT molecular complexity index is 1750. The molecule has 242 valence electrons. The van der Waals surface area contributed by atoms with Crippen LogP contribution in [0.3, 0.4) is 0 Å². The Morgan fingerprint density at radius 2 is 1.62 bits per heavy atom. The second-order valence-corrected chi connectivity index (χ2v) is 12.8. The number of hydrogen-bond donors (Lipinski definition) is 2. The highest BCUT2D eigenvalue weighted by molar-refractivity contribution is 6.06. The molecule has 6 rings (SSSR count). The van der Waals surface area contributed by atoms with Crippen molar-refractivity contribution in [2.45, 2.75) is 58.0 Å². The number of ether oxygens (including phenoxy) is 1. The van der Waals surface area contributed by atoms with E-state index in [9.17, 15) is 14.4 Å². The number of rotatable bonds is 13. The van der Waals surface area contributed by atoms with Gasteiger partial charge in [-0.25, -0.2) is 0 Å². The minimum absolute atomic E-state index is 0.222. The van der Waals surface area contributed by atoms with Crippen molar-refractivity contribution in [3.8, 4) is 28.0 Å². The Labute approximate surface area is 277 Å². The van der Waals surface area contributed by atoms with Crippen molar-refractivity contribution in [1.29, 1.82) is 0 Å². The SMILES string of the molecule is CCCC[C@H](C(N)=O)[C@@H](CC1CC1)C(=O)NC1C(=O)N(Cc2cccc(-c3ccc(OC)cc3)c2)c2ccccc2-c2ccccc21. The molecular weight excluding hydrogens is 586 g/mol. The molecule has 7 nitrogen and oxygen atoms in total.